The van der Waals surface area contributed by atoms with Crippen LogP contribution in [0.3, 0.4) is 0 Å². The third kappa shape index (κ3) is 2.46. The number of aliphatic hydroxyl groups is 1. The van der Waals surface area contributed by atoms with Crippen molar-refractivity contribution in [1.82, 2.24) is 0 Å². The summed E-state index contributed by atoms with van der Waals surface area (Å²) in [6.07, 6.45) is 4.91. The molecular weight excluding hydrogens is 250 g/mol. The standard InChI is InChI=1S/C15H18F2O2/c16-13-5-10(7-18)6-14(17)15(13)19-8-12-4-9-1-2-11(12)3-9/h5-6,9,11-12,18H,1-4,7-8H2. The molecule has 2 bridgehead atoms. The molecule has 0 radical (unpaired) electrons. The van der Waals surface area contributed by atoms with Gasteiger partial charge >= 0.3 is 0 Å². The molecule has 0 spiro atoms. The van der Waals surface area contributed by atoms with E-state index in [1.165, 1.54) is 19.3 Å². The summed E-state index contributed by atoms with van der Waals surface area (Å²) in [5.41, 5.74) is 0.224. The van der Waals surface area contributed by atoms with Crippen LogP contribution in [0.1, 0.15) is 31.2 Å². The van der Waals surface area contributed by atoms with Gasteiger partial charge < -0.3 is 9.84 Å². The molecule has 1 aromatic rings. The quantitative estimate of drug-likeness (QED) is 0.908. The molecule has 2 aliphatic carbocycles. The number of halogens is 2. The van der Waals surface area contributed by atoms with E-state index in [9.17, 15) is 8.78 Å². The number of fused-ring (bicyclic) bond motifs is 2. The van der Waals surface area contributed by atoms with Crippen LogP contribution in [0.5, 0.6) is 5.75 Å². The molecule has 0 aromatic heterocycles. The molecule has 1 aromatic carbocycles. The summed E-state index contributed by atoms with van der Waals surface area (Å²) < 4.78 is 32.7. The average Bonchev–Trinajstić information content (AvgIpc) is 2.99. The van der Waals surface area contributed by atoms with Gasteiger partial charge in [0, 0.05) is 0 Å². The van der Waals surface area contributed by atoms with Gasteiger partial charge in [0.25, 0.3) is 0 Å². The van der Waals surface area contributed by atoms with E-state index >= 15 is 0 Å². The molecule has 104 valence electrons. The zero-order valence-electron chi connectivity index (χ0n) is 10.7. The smallest absolute Gasteiger partial charge is 0.190 e. The first-order valence-corrected chi connectivity index (χ1v) is 6.89. The number of benzene rings is 1. The summed E-state index contributed by atoms with van der Waals surface area (Å²) in [7, 11) is 0. The van der Waals surface area contributed by atoms with Crippen molar-refractivity contribution >= 4 is 0 Å². The van der Waals surface area contributed by atoms with E-state index in [0.29, 0.717) is 18.4 Å². The van der Waals surface area contributed by atoms with Crippen molar-refractivity contribution in [2.75, 3.05) is 6.61 Å². The summed E-state index contributed by atoms with van der Waals surface area (Å²) >= 11 is 0. The first-order chi connectivity index (χ1) is 9.17. The molecule has 0 aliphatic heterocycles. The molecular formula is C15H18F2O2. The first kappa shape index (κ1) is 12.9. The summed E-state index contributed by atoms with van der Waals surface area (Å²) in [6, 6.07) is 2.25. The molecule has 4 heteroatoms. The average molecular weight is 268 g/mol. The van der Waals surface area contributed by atoms with Gasteiger partial charge in [-0.1, -0.05) is 6.42 Å². The van der Waals surface area contributed by atoms with E-state index in [1.807, 2.05) is 0 Å². The van der Waals surface area contributed by atoms with Gasteiger partial charge in [0.15, 0.2) is 17.4 Å². The van der Waals surface area contributed by atoms with Crippen LogP contribution in [0.2, 0.25) is 0 Å². The largest absolute Gasteiger partial charge is 0.487 e. The van der Waals surface area contributed by atoms with Crippen LogP contribution in [0.25, 0.3) is 0 Å². The molecule has 2 aliphatic rings. The predicted octanol–water partition coefficient (Wildman–Crippen LogP) is 3.27. The number of hydrogen-bond donors (Lipinski definition) is 1. The van der Waals surface area contributed by atoms with Gasteiger partial charge in [0.05, 0.1) is 13.2 Å². The van der Waals surface area contributed by atoms with Crippen LogP contribution in [0.4, 0.5) is 8.78 Å². The van der Waals surface area contributed by atoms with Crippen LogP contribution < -0.4 is 4.74 Å². The van der Waals surface area contributed by atoms with Gasteiger partial charge in [0.2, 0.25) is 0 Å². The van der Waals surface area contributed by atoms with E-state index < -0.39 is 11.6 Å². The van der Waals surface area contributed by atoms with Crippen molar-refractivity contribution in [1.29, 1.82) is 0 Å². The lowest BCUT2D eigenvalue weighted by Gasteiger charge is -2.22. The maximum absolute atomic E-state index is 13.7. The molecule has 0 saturated heterocycles. The summed E-state index contributed by atoms with van der Waals surface area (Å²) in [5, 5.41) is 8.88. The van der Waals surface area contributed by atoms with Crippen LogP contribution in [-0.4, -0.2) is 11.7 Å². The number of hydrogen-bond acceptors (Lipinski definition) is 2. The van der Waals surface area contributed by atoms with Crippen molar-refractivity contribution < 1.29 is 18.6 Å². The molecule has 2 saturated carbocycles. The van der Waals surface area contributed by atoms with Crippen molar-refractivity contribution in [3.63, 3.8) is 0 Å². The van der Waals surface area contributed by atoms with Gasteiger partial charge in [-0.05, 0) is 54.7 Å². The second-order valence-electron chi connectivity index (χ2n) is 5.79. The van der Waals surface area contributed by atoms with Crippen LogP contribution in [0.15, 0.2) is 12.1 Å². The Morgan fingerprint density at radius 2 is 1.89 bits per heavy atom. The third-order valence-electron chi connectivity index (χ3n) is 4.57. The lowest BCUT2D eigenvalue weighted by Crippen LogP contribution is -2.19. The van der Waals surface area contributed by atoms with Gasteiger partial charge in [-0.2, -0.15) is 0 Å². The Hall–Kier alpha value is -1.16. The lowest BCUT2D eigenvalue weighted by molar-refractivity contribution is 0.183. The fraction of sp³-hybridized carbons (Fsp3) is 0.600. The second kappa shape index (κ2) is 5.08. The highest BCUT2D eigenvalue weighted by Gasteiger charge is 2.39. The Labute approximate surface area is 111 Å². The van der Waals surface area contributed by atoms with Crippen molar-refractivity contribution in [2.24, 2.45) is 17.8 Å². The van der Waals surface area contributed by atoms with Gasteiger partial charge in [0.1, 0.15) is 0 Å². The Balaban J connectivity index is 1.67. The Bertz CT molecular complexity index is 452. The fourth-order valence-corrected chi connectivity index (χ4v) is 3.61. The maximum atomic E-state index is 13.7. The van der Waals surface area contributed by atoms with Gasteiger partial charge in [-0.25, -0.2) is 8.78 Å². The van der Waals surface area contributed by atoms with E-state index in [4.69, 9.17) is 9.84 Å². The fourth-order valence-electron chi connectivity index (χ4n) is 3.61. The molecule has 1 N–H and O–H groups in total. The van der Waals surface area contributed by atoms with Crippen molar-refractivity contribution in [3.8, 4) is 5.75 Å². The first-order valence-electron chi connectivity index (χ1n) is 6.89. The molecule has 19 heavy (non-hydrogen) atoms. The Morgan fingerprint density at radius 1 is 1.16 bits per heavy atom. The summed E-state index contributed by atoms with van der Waals surface area (Å²) in [5.74, 6) is 0.146. The minimum absolute atomic E-state index is 0.224. The molecule has 3 atom stereocenters. The molecule has 0 amide bonds. The SMILES string of the molecule is OCc1cc(F)c(OCC2CC3CCC2C3)c(F)c1. The second-order valence-corrected chi connectivity index (χ2v) is 5.79. The molecule has 2 nitrogen and oxygen atoms in total. The van der Waals surface area contributed by atoms with E-state index in [1.54, 1.807) is 0 Å². The predicted molar refractivity (Wildman–Crippen MR) is 66.7 cm³/mol. The summed E-state index contributed by atoms with van der Waals surface area (Å²) in [6.45, 7) is 0.0218. The Kier molecular flexibility index (Phi) is 3.44. The zero-order valence-corrected chi connectivity index (χ0v) is 10.7. The molecule has 3 rings (SSSR count). The number of ether oxygens (including phenoxy) is 1. The summed E-state index contributed by atoms with van der Waals surface area (Å²) in [4.78, 5) is 0. The Morgan fingerprint density at radius 3 is 2.42 bits per heavy atom. The van der Waals surface area contributed by atoms with E-state index in [0.717, 1.165) is 24.5 Å². The molecule has 2 fully saturated rings. The minimum atomic E-state index is -0.729. The molecule has 3 unspecified atom stereocenters. The normalized spacial score (nSPS) is 28.9. The monoisotopic (exact) mass is 268 g/mol. The van der Waals surface area contributed by atoms with Gasteiger partial charge in [-0.3, -0.25) is 0 Å². The van der Waals surface area contributed by atoms with Crippen LogP contribution >= 0.6 is 0 Å². The highest BCUT2D eigenvalue weighted by Crippen LogP contribution is 2.48. The van der Waals surface area contributed by atoms with Crippen LogP contribution in [-0.2, 0) is 6.61 Å². The zero-order chi connectivity index (χ0) is 13.4. The van der Waals surface area contributed by atoms with E-state index in [2.05, 4.69) is 0 Å². The number of aliphatic hydroxyl groups excluding tert-OH is 1. The van der Waals surface area contributed by atoms with E-state index in [-0.39, 0.29) is 17.9 Å². The highest BCUT2D eigenvalue weighted by molar-refractivity contribution is 5.31. The molecule has 0 heterocycles. The topological polar surface area (TPSA) is 29.5 Å². The highest BCUT2D eigenvalue weighted by atomic mass is 19.1. The lowest BCUT2D eigenvalue weighted by atomic mass is 9.89. The van der Waals surface area contributed by atoms with Crippen LogP contribution in [0, 0.1) is 29.4 Å². The number of rotatable bonds is 4. The van der Waals surface area contributed by atoms with Crippen molar-refractivity contribution in [2.45, 2.75) is 32.3 Å². The third-order valence-corrected chi connectivity index (χ3v) is 4.57. The van der Waals surface area contributed by atoms with Crippen molar-refractivity contribution in [3.05, 3.63) is 29.3 Å². The maximum Gasteiger partial charge on any atom is 0.190 e. The van der Waals surface area contributed by atoms with Gasteiger partial charge in [-0.15, -0.1) is 0 Å². The minimum Gasteiger partial charge on any atom is -0.487 e.